The normalized spacial score (nSPS) is 20.6. The third-order valence-corrected chi connectivity index (χ3v) is 20.7. The highest BCUT2D eigenvalue weighted by Gasteiger charge is 2.49. The van der Waals surface area contributed by atoms with Crippen LogP contribution in [0.1, 0.15) is 80.3 Å². The van der Waals surface area contributed by atoms with E-state index in [9.17, 15) is 44.4 Å². The number of benzene rings is 4. The van der Waals surface area contributed by atoms with Gasteiger partial charge >= 0.3 is 11.5 Å². The van der Waals surface area contributed by atoms with Gasteiger partial charge in [-0.05, 0) is 128 Å². The van der Waals surface area contributed by atoms with Crippen molar-refractivity contribution in [2.24, 2.45) is 5.41 Å². The molecule has 1 aromatic heterocycles. The molecule has 3 N–H and O–H groups in total. The Hall–Kier alpha value is -6.08. The highest BCUT2D eigenvalue weighted by molar-refractivity contribution is 7.99. The van der Waals surface area contributed by atoms with E-state index in [1.165, 1.54) is 51.6 Å². The van der Waals surface area contributed by atoms with Gasteiger partial charge in [-0.3, -0.25) is 29.6 Å². The number of amides is 4. The van der Waals surface area contributed by atoms with Crippen LogP contribution in [0.15, 0.2) is 130 Å². The lowest BCUT2D eigenvalue weighted by Crippen LogP contribution is -2.53. The van der Waals surface area contributed by atoms with Crippen LogP contribution in [0.3, 0.4) is 0 Å². The molecule has 4 amide bonds. The molecular weight excluding hydrogens is 1150 g/mol. The maximum atomic E-state index is 15.3. The van der Waals surface area contributed by atoms with Crippen LogP contribution in [0.2, 0.25) is 5.02 Å². The number of nitrogens with one attached hydrogen (secondary N) is 3. The third kappa shape index (κ3) is 14.2. The minimum atomic E-state index is -6.16. The summed E-state index contributed by atoms with van der Waals surface area (Å²) in [5, 5.41) is 6.00. The Morgan fingerprint density at radius 3 is 2.23 bits per heavy atom. The monoisotopic (exact) mass is 1220 g/mol. The quantitative estimate of drug-likeness (QED) is 0.0524. The van der Waals surface area contributed by atoms with E-state index in [0.29, 0.717) is 55.8 Å². The van der Waals surface area contributed by atoms with Gasteiger partial charge in [0, 0.05) is 122 Å². The molecular formula is C59H66ClF4N9O7S3. The maximum Gasteiger partial charge on any atom is 0.501 e. The molecule has 5 heterocycles. The Kier molecular flexibility index (Phi) is 18.0. The number of imide groups is 1. The summed E-state index contributed by atoms with van der Waals surface area (Å²) in [6.45, 7) is 10.5. The fourth-order valence-electron chi connectivity index (χ4n) is 11.9. The number of pyridine rings is 1. The molecule has 2 unspecified atom stereocenters. The second kappa shape index (κ2) is 24.9. The minimum Gasteiger partial charge on any atom is -0.380 e. The average molecular weight is 1220 g/mol. The number of sulfone groups is 1. The molecule has 4 aromatic carbocycles. The van der Waals surface area contributed by atoms with Crippen molar-refractivity contribution in [1.29, 1.82) is 0 Å². The van der Waals surface area contributed by atoms with Crippen molar-refractivity contribution in [2.45, 2.75) is 104 Å². The van der Waals surface area contributed by atoms with Crippen molar-refractivity contribution in [1.82, 2.24) is 29.7 Å². The highest BCUT2D eigenvalue weighted by Crippen LogP contribution is 2.43. The number of alkyl halides is 3. The molecule has 4 aliphatic heterocycles. The molecule has 4 fully saturated rings. The lowest BCUT2D eigenvalue weighted by Gasteiger charge is -2.41. The van der Waals surface area contributed by atoms with Crippen LogP contribution in [-0.4, -0.2) is 143 Å². The van der Waals surface area contributed by atoms with E-state index in [1.807, 2.05) is 47.2 Å². The van der Waals surface area contributed by atoms with Crippen LogP contribution in [0.5, 0.6) is 0 Å². The Bertz CT molecular complexity index is 3470. The number of hydrogen-bond donors (Lipinski definition) is 3. The zero-order valence-electron chi connectivity index (χ0n) is 46.0. The molecule has 4 saturated heterocycles. The Morgan fingerprint density at radius 2 is 1.55 bits per heavy atom. The molecule has 5 aliphatic rings. The highest BCUT2D eigenvalue weighted by atomic mass is 35.5. The summed E-state index contributed by atoms with van der Waals surface area (Å²) in [7, 11) is -11.1. The lowest BCUT2D eigenvalue weighted by atomic mass is 9.73. The number of allylic oxidation sites excluding steroid dienone is 1. The molecule has 16 nitrogen and oxygen atoms in total. The minimum absolute atomic E-state index is 0.0230. The molecule has 0 spiro atoms. The van der Waals surface area contributed by atoms with E-state index < -0.39 is 70.6 Å². The first-order valence-electron chi connectivity index (χ1n) is 27.7. The number of anilines is 3. The first-order chi connectivity index (χ1) is 39.5. The van der Waals surface area contributed by atoms with Gasteiger partial charge in [0.1, 0.15) is 16.5 Å². The number of sulfonamides is 1. The Morgan fingerprint density at radius 1 is 0.855 bits per heavy atom. The number of aromatic nitrogens is 1. The van der Waals surface area contributed by atoms with Gasteiger partial charge in [-0.1, -0.05) is 61.4 Å². The van der Waals surface area contributed by atoms with E-state index in [2.05, 4.69) is 61.2 Å². The summed E-state index contributed by atoms with van der Waals surface area (Å²) in [6.07, 6.45) is 6.25. The molecule has 1 aliphatic carbocycles. The van der Waals surface area contributed by atoms with Crippen molar-refractivity contribution >= 4 is 83.8 Å². The van der Waals surface area contributed by atoms with Gasteiger partial charge in [0.05, 0.1) is 16.8 Å². The van der Waals surface area contributed by atoms with Crippen LogP contribution < -0.4 is 25.2 Å². The Labute approximate surface area is 491 Å². The summed E-state index contributed by atoms with van der Waals surface area (Å²) >= 11 is 7.62. The molecule has 10 rings (SSSR count). The largest absolute Gasteiger partial charge is 0.501 e. The van der Waals surface area contributed by atoms with E-state index in [4.69, 9.17) is 11.6 Å². The summed E-state index contributed by atoms with van der Waals surface area (Å²) in [6, 6.07) is 26.3. The van der Waals surface area contributed by atoms with Gasteiger partial charge < -0.3 is 15.1 Å². The molecule has 442 valence electrons. The molecule has 0 saturated carbocycles. The Balaban J connectivity index is 0.793. The number of halogens is 5. The van der Waals surface area contributed by atoms with Gasteiger partial charge in [-0.25, -0.2) is 35.7 Å². The molecule has 0 radical (unpaired) electrons. The average Bonchev–Trinajstić information content (AvgIpc) is 3.34. The fourth-order valence-corrected chi connectivity index (χ4v) is 15.0. The molecule has 3 atom stereocenters. The summed E-state index contributed by atoms with van der Waals surface area (Å²) in [5.41, 5.74) is -0.928. The van der Waals surface area contributed by atoms with Crippen molar-refractivity contribution in [3.63, 3.8) is 0 Å². The molecule has 83 heavy (non-hydrogen) atoms. The number of carbonyl (C=O) groups excluding carboxylic acids is 3. The predicted octanol–water partition coefficient (Wildman–Crippen LogP) is 9.83. The fraction of sp³-hybridized carbons (Fsp3) is 0.424. The maximum absolute atomic E-state index is 15.3. The van der Waals surface area contributed by atoms with Gasteiger partial charge in [0.15, 0.2) is 0 Å². The second-order valence-corrected chi connectivity index (χ2v) is 27.9. The lowest BCUT2D eigenvalue weighted by molar-refractivity contribution is -0.120. The van der Waals surface area contributed by atoms with Gasteiger partial charge in [0.25, 0.3) is 25.8 Å². The van der Waals surface area contributed by atoms with Crippen LogP contribution in [-0.2, 0) is 31.2 Å². The smallest absolute Gasteiger partial charge is 0.380 e. The second-order valence-electron chi connectivity index (χ2n) is 22.7. The van der Waals surface area contributed by atoms with E-state index in [1.54, 1.807) is 12.1 Å². The first-order valence-corrected chi connectivity index (χ1v) is 32.1. The standard InChI is InChI=1S/C59H66ClF4N9O7S3/c1-58(2)23-20-50(39-8-12-43(60)13-9-39)42(32-58)34-69-26-28-71(29-27-69)45-14-10-40(11-15-45)56(75)68-83(79,80)49-18-19-52(53(31-49)82(77,78)59(62,63)64)66-44(38-81-48-6-4-3-5-7-48)21-24-70-36-46-16-17-47(37-70)73(46)35-41-30-54(65-33-51(41)61)72-25-22-55(74)67-57(72)76/h3-15,18-19,30-31,33,44,46-47,66H,16-17,20-29,32,34-38H2,1-2H3,(H,68,75)(H,67,74,76)/t44-,46?,47?/m1/s1. The SMILES string of the molecule is CC1(C)CCC(c2ccc(Cl)cc2)=C(CN2CCN(c3ccc(C(=O)NS(=O)(=O)c4ccc(N[C@H](CCN5CC6CCC(C5)N6Cc5cc(N6CCC(=O)NC6=O)ncc5F)CSc5ccccc5)c(S(=O)(=O)C(F)(F)F)c4)cc3)CC2)C1. The third-order valence-electron chi connectivity index (χ3n) is 16.4. The number of nitrogens with zero attached hydrogens (tertiary/aromatic N) is 6. The number of thioether (sulfide) groups is 1. The number of carbonyl (C=O) groups is 3. The number of fused-ring (bicyclic) bond motifs is 2. The number of urea groups is 1. The molecule has 2 bridgehead atoms. The number of hydrogen-bond acceptors (Lipinski definition) is 14. The van der Waals surface area contributed by atoms with Crippen LogP contribution in [0.25, 0.3) is 5.57 Å². The number of rotatable bonds is 19. The van der Waals surface area contributed by atoms with E-state index in [0.717, 1.165) is 80.7 Å². The molecule has 5 aromatic rings. The zero-order valence-corrected chi connectivity index (χ0v) is 49.2. The summed E-state index contributed by atoms with van der Waals surface area (Å²) < 4.78 is 115. The topological polar surface area (TPSA) is 185 Å². The van der Waals surface area contributed by atoms with Gasteiger partial charge in [0.2, 0.25) is 5.91 Å². The predicted molar refractivity (Wildman–Crippen MR) is 313 cm³/mol. The van der Waals surface area contributed by atoms with Crippen LogP contribution in [0, 0.1) is 11.2 Å². The van der Waals surface area contributed by atoms with Crippen LogP contribution in [0.4, 0.5) is 39.5 Å². The molecule has 24 heteroatoms. The van der Waals surface area contributed by atoms with Gasteiger partial charge in [-0.15, -0.1) is 11.8 Å². The van der Waals surface area contributed by atoms with Crippen molar-refractivity contribution in [2.75, 3.05) is 79.8 Å². The summed E-state index contributed by atoms with van der Waals surface area (Å²) in [4.78, 5) is 51.0. The van der Waals surface area contributed by atoms with Crippen molar-refractivity contribution in [3.05, 3.63) is 142 Å². The zero-order chi connectivity index (χ0) is 58.8. The number of piperazine rings is 2. The van der Waals surface area contributed by atoms with Crippen LogP contribution >= 0.6 is 23.4 Å². The first kappa shape index (κ1) is 60.1. The summed E-state index contributed by atoms with van der Waals surface area (Å²) in [5.74, 6) is -1.48. The number of likely N-dealkylation sites (tertiary alicyclic amines) is 1. The van der Waals surface area contributed by atoms with Crippen molar-refractivity contribution < 1.29 is 48.8 Å². The van der Waals surface area contributed by atoms with E-state index in [-0.39, 0.29) is 54.1 Å². The van der Waals surface area contributed by atoms with Gasteiger partial charge in [-0.2, -0.15) is 13.2 Å². The van der Waals surface area contributed by atoms with E-state index >= 15 is 4.39 Å². The van der Waals surface area contributed by atoms with Crippen molar-refractivity contribution in [3.8, 4) is 0 Å².